The minimum atomic E-state index is -0.129. The highest BCUT2D eigenvalue weighted by Gasteiger charge is 2.28. The van der Waals surface area contributed by atoms with Crippen molar-refractivity contribution < 1.29 is 19.1 Å². The van der Waals surface area contributed by atoms with Crippen molar-refractivity contribution in [2.75, 3.05) is 13.2 Å². The van der Waals surface area contributed by atoms with Gasteiger partial charge < -0.3 is 10.1 Å². The normalized spacial score (nSPS) is 20.7. The topological polar surface area (TPSA) is 75.7 Å². The molecule has 3 rings (SSSR count). The van der Waals surface area contributed by atoms with E-state index in [1.807, 2.05) is 0 Å². The summed E-state index contributed by atoms with van der Waals surface area (Å²) in [7, 11) is 0. The van der Waals surface area contributed by atoms with E-state index >= 15 is 0 Å². The minimum Gasteiger partial charge on any atom is -0.378 e. The number of benzene rings is 1. The molecule has 2 aliphatic rings. The van der Waals surface area contributed by atoms with Crippen LogP contribution in [0, 0.1) is 0 Å². The predicted octanol–water partition coefficient (Wildman–Crippen LogP) is 1.63. The molecular weight excluding hydrogens is 308 g/mol. The maximum atomic E-state index is 12.1. The fourth-order valence-corrected chi connectivity index (χ4v) is 3.06. The van der Waals surface area contributed by atoms with Gasteiger partial charge in [-0.2, -0.15) is 0 Å². The van der Waals surface area contributed by atoms with Crippen LogP contribution in [-0.4, -0.2) is 41.9 Å². The minimum absolute atomic E-state index is 0.118. The van der Waals surface area contributed by atoms with E-state index in [2.05, 4.69) is 5.32 Å². The van der Waals surface area contributed by atoms with Crippen molar-refractivity contribution in [3.8, 4) is 0 Å². The molecule has 1 N–H and O–H groups in total. The number of hydrogen-bond donors (Lipinski definition) is 1. The maximum absolute atomic E-state index is 12.1. The number of carbonyl (C=O) groups excluding carboxylic acids is 3. The van der Waals surface area contributed by atoms with E-state index in [-0.39, 0.29) is 30.4 Å². The van der Waals surface area contributed by atoms with Crippen LogP contribution in [0.2, 0.25) is 0 Å². The molecule has 24 heavy (non-hydrogen) atoms. The summed E-state index contributed by atoms with van der Waals surface area (Å²) in [5.41, 5.74) is 1.42. The first kappa shape index (κ1) is 16.6. The number of amides is 3. The van der Waals surface area contributed by atoms with Crippen molar-refractivity contribution in [1.29, 1.82) is 0 Å². The van der Waals surface area contributed by atoms with Gasteiger partial charge in [-0.05, 0) is 37.0 Å². The highest BCUT2D eigenvalue weighted by atomic mass is 16.5. The van der Waals surface area contributed by atoms with Crippen LogP contribution in [0.25, 0.3) is 0 Å². The SMILES string of the molecule is O=C(NCCC1CCCO1)c1ccc(CN2C(=O)CCC2=O)cc1. The number of rotatable bonds is 6. The van der Waals surface area contributed by atoms with Crippen molar-refractivity contribution >= 4 is 17.7 Å². The molecule has 1 aromatic carbocycles. The summed E-state index contributed by atoms with van der Waals surface area (Å²) >= 11 is 0. The van der Waals surface area contributed by atoms with E-state index in [9.17, 15) is 14.4 Å². The Labute approximate surface area is 141 Å². The molecule has 0 bridgehead atoms. The van der Waals surface area contributed by atoms with E-state index in [4.69, 9.17) is 4.74 Å². The largest absolute Gasteiger partial charge is 0.378 e. The lowest BCUT2D eigenvalue weighted by molar-refractivity contribution is -0.139. The molecule has 2 aliphatic heterocycles. The Balaban J connectivity index is 1.49. The van der Waals surface area contributed by atoms with Crippen LogP contribution in [0.1, 0.15) is 48.0 Å². The molecule has 0 radical (unpaired) electrons. The quantitative estimate of drug-likeness (QED) is 0.805. The van der Waals surface area contributed by atoms with E-state index in [0.29, 0.717) is 24.9 Å². The Morgan fingerprint density at radius 3 is 2.50 bits per heavy atom. The molecule has 1 unspecified atom stereocenters. The summed E-state index contributed by atoms with van der Waals surface area (Å²) in [5, 5.41) is 2.89. The lowest BCUT2D eigenvalue weighted by Gasteiger charge is -2.14. The average Bonchev–Trinajstić information content (AvgIpc) is 3.21. The summed E-state index contributed by atoms with van der Waals surface area (Å²) in [6, 6.07) is 7.02. The Morgan fingerprint density at radius 1 is 1.17 bits per heavy atom. The molecule has 1 aromatic rings. The zero-order valence-electron chi connectivity index (χ0n) is 13.6. The first-order valence-corrected chi connectivity index (χ1v) is 8.45. The number of ether oxygens (including phenoxy) is 1. The molecule has 1 atom stereocenters. The molecule has 2 fully saturated rings. The molecule has 0 aromatic heterocycles. The van der Waals surface area contributed by atoms with Crippen LogP contribution in [0.15, 0.2) is 24.3 Å². The molecule has 0 aliphatic carbocycles. The Morgan fingerprint density at radius 2 is 1.88 bits per heavy atom. The third-order valence-corrected chi connectivity index (χ3v) is 4.49. The van der Waals surface area contributed by atoms with Crippen molar-refractivity contribution in [2.24, 2.45) is 0 Å². The number of nitrogens with one attached hydrogen (secondary N) is 1. The van der Waals surface area contributed by atoms with Gasteiger partial charge in [-0.1, -0.05) is 12.1 Å². The maximum Gasteiger partial charge on any atom is 0.251 e. The van der Waals surface area contributed by atoms with Gasteiger partial charge in [0.2, 0.25) is 11.8 Å². The van der Waals surface area contributed by atoms with Crippen LogP contribution in [0.4, 0.5) is 0 Å². The van der Waals surface area contributed by atoms with E-state index in [1.54, 1.807) is 24.3 Å². The number of imide groups is 1. The van der Waals surface area contributed by atoms with Crippen LogP contribution < -0.4 is 5.32 Å². The Hall–Kier alpha value is -2.21. The van der Waals surface area contributed by atoms with E-state index < -0.39 is 0 Å². The van der Waals surface area contributed by atoms with Gasteiger partial charge in [0.25, 0.3) is 5.91 Å². The summed E-state index contributed by atoms with van der Waals surface area (Å²) in [4.78, 5) is 36.6. The van der Waals surface area contributed by atoms with Crippen LogP contribution in [0.3, 0.4) is 0 Å². The molecule has 128 valence electrons. The molecule has 0 saturated carbocycles. The fourth-order valence-electron chi connectivity index (χ4n) is 3.06. The molecule has 0 spiro atoms. The van der Waals surface area contributed by atoms with E-state index in [0.717, 1.165) is 31.4 Å². The second-order valence-electron chi connectivity index (χ2n) is 6.25. The van der Waals surface area contributed by atoms with Gasteiger partial charge in [-0.15, -0.1) is 0 Å². The van der Waals surface area contributed by atoms with E-state index in [1.165, 1.54) is 4.90 Å². The molecule has 6 heteroatoms. The van der Waals surface area contributed by atoms with Crippen molar-refractivity contribution in [3.63, 3.8) is 0 Å². The van der Waals surface area contributed by atoms with Crippen LogP contribution in [0.5, 0.6) is 0 Å². The lowest BCUT2D eigenvalue weighted by Crippen LogP contribution is -2.28. The molecular formula is C18H22N2O4. The first-order chi connectivity index (χ1) is 11.6. The molecule has 3 amide bonds. The van der Waals surface area contributed by atoms with Crippen molar-refractivity contribution in [3.05, 3.63) is 35.4 Å². The zero-order valence-corrected chi connectivity index (χ0v) is 13.6. The Bertz CT molecular complexity index is 604. The molecule has 6 nitrogen and oxygen atoms in total. The van der Waals surface area contributed by atoms with Gasteiger partial charge >= 0.3 is 0 Å². The van der Waals surface area contributed by atoms with Gasteiger partial charge in [0.1, 0.15) is 0 Å². The van der Waals surface area contributed by atoms with Crippen LogP contribution >= 0.6 is 0 Å². The highest BCUT2D eigenvalue weighted by Crippen LogP contribution is 2.17. The second-order valence-corrected chi connectivity index (χ2v) is 6.25. The average molecular weight is 330 g/mol. The van der Waals surface area contributed by atoms with Gasteiger partial charge in [0.05, 0.1) is 12.6 Å². The van der Waals surface area contributed by atoms with Crippen molar-refractivity contribution in [1.82, 2.24) is 10.2 Å². The highest BCUT2D eigenvalue weighted by molar-refractivity contribution is 6.01. The van der Waals surface area contributed by atoms with Gasteiger partial charge in [0.15, 0.2) is 0 Å². The number of likely N-dealkylation sites (tertiary alicyclic amines) is 1. The monoisotopic (exact) mass is 330 g/mol. The van der Waals surface area contributed by atoms with Crippen LogP contribution in [-0.2, 0) is 20.9 Å². The lowest BCUT2D eigenvalue weighted by atomic mass is 10.1. The third kappa shape index (κ3) is 4.00. The summed E-state index contributed by atoms with van der Waals surface area (Å²) in [6.45, 7) is 1.70. The number of carbonyl (C=O) groups is 3. The summed E-state index contributed by atoms with van der Waals surface area (Å²) in [6.07, 6.45) is 3.86. The Kier molecular flexibility index (Phi) is 5.25. The van der Waals surface area contributed by atoms with Gasteiger partial charge in [-0.3, -0.25) is 19.3 Å². The van der Waals surface area contributed by atoms with Crippen molar-refractivity contribution in [2.45, 2.75) is 44.8 Å². The smallest absolute Gasteiger partial charge is 0.251 e. The first-order valence-electron chi connectivity index (χ1n) is 8.45. The predicted molar refractivity (Wildman–Crippen MR) is 87.2 cm³/mol. The molecule has 2 saturated heterocycles. The van der Waals surface area contributed by atoms with Gasteiger partial charge in [0, 0.05) is 31.6 Å². The standard InChI is InChI=1S/C18H22N2O4/c21-16-7-8-17(22)20(16)12-13-3-5-14(6-4-13)18(23)19-10-9-15-2-1-11-24-15/h3-6,15H,1-2,7-12H2,(H,19,23). The molecule has 2 heterocycles. The summed E-state index contributed by atoms with van der Waals surface area (Å²) in [5.74, 6) is -0.375. The fraction of sp³-hybridized carbons (Fsp3) is 0.500. The van der Waals surface area contributed by atoms with Gasteiger partial charge in [-0.25, -0.2) is 0 Å². The summed E-state index contributed by atoms with van der Waals surface area (Å²) < 4.78 is 5.53. The number of hydrogen-bond acceptors (Lipinski definition) is 4. The number of nitrogens with zero attached hydrogens (tertiary/aromatic N) is 1. The zero-order chi connectivity index (χ0) is 16.9. The second kappa shape index (κ2) is 7.57. The third-order valence-electron chi connectivity index (χ3n) is 4.49.